The Labute approximate surface area is 130 Å². The third kappa shape index (κ3) is 3.33. The second kappa shape index (κ2) is 6.68. The third-order valence-electron chi connectivity index (χ3n) is 2.81. The van der Waals surface area contributed by atoms with Gasteiger partial charge < -0.3 is 5.32 Å². The maximum Gasteiger partial charge on any atom is 0.0587 e. The van der Waals surface area contributed by atoms with Gasteiger partial charge in [0, 0.05) is 8.04 Å². The molecule has 0 amide bonds. The molecule has 0 bridgehead atoms. The Bertz CT molecular complexity index is 513. The molecule has 1 N–H and O–H groups in total. The van der Waals surface area contributed by atoms with Gasteiger partial charge in [0.05, 0.1) is 6.04 Å². The van der Waals surface area contributed by atoms with Crippen LogP contribution in [0.4, 0.5) is 0 Å². The second-order valence-electron chi connectivity index (χ2n) is 4.07. The zero-order chi connectivity index (χ0) is 13.0. The van der Waals surface area contributed by atoms with Crippen LogP contribution in [0.1, 0.15) is 24.1 Å². The van der Waals surface area contributed by atoms with E-state index >= 15 is 0 Å². The van der Waals surface area contributed by atoms with Crippen molar-refractivity contribution in [3.8, 4) is 0 Å². The summed E-state index contributed by atoms with van der Waals surface area (Å²) in [5.74, 6) is 0. The lowest BCUT2D eigenvalue weighted by Crippen LogP contribution is -2.22. The molecule has 1 atom stereocenters. The number of rotatable bonds is 4. The number of halogens is 2. The zero-order valence-electron chi connectivity index (χ0n) is 10.2. The molecule has 2 rings (SSSR count). The Hall–Kier alpha value is -0.390. The molecule has 0 saturated carbocycles. The summed E-state index contributed by atoms with van der Waals surface area (Å²) in [4.78, 5) is 0. The summed E-state index contributed by atoms with van der Waals surface area (Å²) in [5, 5.41) is 3.56. The molecule has 0 aliphatic carbocycles. The summed E-state index contributed by atoms with van der Waals surface area (Å²) in [7, 11) is 0. The fourth-order valence-electron chi connectivity index (χ4n) is 1.99. The minimum atomic E-state index is 0.251. The lowest BCUT2D eigenvalue weighted by atomic mass is 9.99. The van der Waals surface area contributed by atoms with Crippen LogP contribution in [0.25, 0.3) is 0 Å². The highest BCUT2D eigenvalue weighted by atomic mass is 127. The molecular formula is C15H15BrIN. The monoisotopic (exact) mass is 415 g/mol. The van der Waals surface area contributed by atoms with E-state index in [0.29, 0.717) is 0 Å². The predicted octanol–water partition coefficient (Wildman–Crippen LogP) is 4.75. The van der Waals surface area contributed by atoms with Crippen LogP contribution in [-0.2, 0) is 0 Å². The Morgan fingerprint density at radius 3 is 2.56 bits per heavy atom. The van der Waals surface area contributed by atoms with Gasteiger partial charge in [0.2, 0.25) is 0 Å². The van der Waals surface area contributed by atoms with Gasteiger partial charge in [-0.15, -0.1) is 0 Å². The van der Waals surface area contributed by atoms with Gasteiger partial charge in [-0.1, -0.05) is 53.2 Å². The molecule has 94 valence electrons. The molecule has 1 nitrogen and oxygen atoms in total. The molecule has 0 radical (unpaired) electrons. The summed E-state index contributed by atoms with van der Waals surface area (Å²) < 4.78 is 2.40. The lowest BCUT2D eigenvalue weighted by molar-refractivity contribution is 0.628. The van der Waals surface area contributed by atoms with Crippen molar-refractivity contribution in [1.82, 2.24) is 5.32 Å². The van der Waals surface area contributed by atoms with E-state index in [1.807, 2.05) is 0 Å². The summed E-state index contributed by atoms with van der Waals surface area (Å²) in [5.41, 5.74) is 2.62. The van der Waals surface area contributed by atoms with Crippen LogP contribution < -0.4 is 5.32 Å². The lowest BCUT2D eigenvalue weighted by Gasteiger charge is -2.20. The normalized spacial score (nSPS) is 12.4. The zero-order valence-corrected chi connectivity index (χ0v) is 13.9. The molecule has 3 heteroatoms. The molecular weight excluding hydrogens is 401 g/mol. The van der Waals surface area contributed by atoms with Crippen LogP contribution in [0.3, 0.4) is 0 Å². The fourth-order valence-corrected chi connectivity index (χ4v) is 3.02. The van der Waals surface area contributed by atoms with Crippen molar-refractivity contribution < 1.29 is 0 Å². The van der Waals surface area contributed by atoms with Gasteiger partial charge in [-0.2, -0.15) is 0 Å². The van der Waals surface area contributed by atoms with Crippen LogP contribution in [0.15, 0.2) is 53.0 Å². The largest absolute Gasteiger partial charge is 0.306 e. The quantitative estimate of drug-likeness (QED) is 0.710. The molecule has 2 aromatic carbocycles. The van der Waals surface area contributed by atoms with E-state index in [-0.39, 0.29) is 6.04 Å². The fraction of sp³-hybridized carbons (Fsp3) is 0.200. The van der Waals surface area contributed by atoms with Crippen LogP contribution in [-0.4, -0.2) is 6.54 Å². The van der Waals surface area contributed by atoms with Crippen molar-refractivity contribution in [2.45, 2.75) is 13.0 Å². The average molecular weight is 416 g/mol. The Morgan fingerprint density at radius 1 is 1.17 bits per heavy atom. The maximum absolute atomic E-state index is 3.56. The minimum absolute atomic E-state index is 0.251. The van der Waals surface area contributed by atoms with E-state index in [1.165, 1.54) is 14.7 Å². The summed E-state index contributed by atoms with van der Waals surface area (Å²) in [6, 6.07) is 17.2. The van der Waals surface area contributed by atoms with Gasteiger partial charge in [0.15, 0.2) is 0 Å². The highest BCUT2D eigenvalue weighted by Crippen LogP contribution is 2.28. The summed E-state index contributed by atoms with van der Waals surface area (Å²) in [6.45, 7) is 3.09. The van der Waals surface area contributed by atoms with Crippen molar-refractivity contribution in [3.63, 3.8) is 0 Å². The Balaban J connectivity index is 2.44. The number of hydrogen-bond acceptors (Lipinski definition) is 1. The molecule has 2 aromatic rings. The average Bonchev–Trinajstić information content (AvgIpc) is 2.40. The van der Waals surface area contributed by atoms with E-state index in [1.54, 1.807) is 0 Å². The molecule has 18 heavy (non-hydrogen) atoms. The first-order chi connectivity index (χ1) is 8.72. The molecule has 0 aromatic heterocycles. The van der Waals surface area contributed by atoms with E-state index < -0.39 is 0 Å². The van der Waals surface area contributed by atoms with Crippen LogP contribution in [0.2, 0.25) is 0 Å². The van der Waals surface area contributed by atoms with E-state index in [9.17, 15) is 0 Å². The van der Waals surface area contributed by atoms with Crippen molar-refractivity contribution in [2.75, 3.05) is 6.54 Å². The van der Waals surface area contributed by atoms with Gasteiger partial charge in [-0.3, -0.25) is 0 Å². The molecule has 0 spiro atoms. The second-order valence-corrected chi connectivity index (χ2v) is 6.15. The maximum atomic E-state index is 3.56. The Kier molecular flexibility index (Phi) is 5.21. The van der Waals surface area contributed by atoms with Gasteiger partial charge in [-0.05, 0) is 58.5 Å². The van der Waals surface area contributed by atoms with Gasteiger partial charge >= 0.3 is 0 Å². The highest BCUT2D eigenvalue weighted by Gasteiger charge is 2.15. The molecule has 0 heterocycles. The van der Waals surface area contributed by atoms with E-state index in [0.717, 1.165) is 11.0 Å². The van der Waals surface area contributed by atoms with Crippen LogP contribution in [0, 0.1) is 3.57 Å². The topological polar surface area (TPSA) is 12.0 Å². The van der Waals surface area contributed by atoms with Gasteiger partial charge in [0.1, 0.15) is 0 Å². The molecule has 0 saturated heterocycles. The van der Waals surface area contributed by atoms with Crippen molar-refractivity contribution in [1.29, 1.82) is 0 Å². The molecule has 1 unspecified atom stereocenters. The predicted molar refractivity (Wildman–Crippen MR) is 88.8 cm³/mol. The minimum Gasteiger partial charge on any atom is -0.306 e. The number of hydrogen-bond donors (Lipinski definition) is 1. The van der Waals surface area contributed by atoms with Crippen LogP contribution >= 0.6 is 38.5 Å². The Morgan fingerprint density at radius 2 is 1.89 bits per heavy atom. The SMILES string of the molecule is CCNC(c1ccccc1)c1cc(Br)ccc1I. The molecule has 0 aliphatic heterocycles. The van der Waals surface area contributed by atoms with E-state index in [4.69, 9.17) is 0 Å². The number of nitrogens with one attached hydrogen (secondary N) is 1. The van der Waals surface area contributed by atoms with Gasteiger partial charge in [0.25, 0.3) is 0 Å². The first-order valence-corrected chi connectivity index (χ1v) is 7.83. The summed E-state index contributed by atoms with van der Waals surface area (Å²) in [6.07, 6.45) is 0. The summed E-state index contributed by atoms with van der Waals surface area (Å²) >= 11 is 5.96. The molecule has 0 aliphatic rings. The highest BCUT2D eigenvalue weighted by molar-refractivity contribution is 14.1. The van der Waals surface area contributed by atoms with Crippen LogP contribution in [0.5, 0.6) is 0 Å². The third-order valence-corrected chi connectivity index (χ3v) is 4.29. The first-order valence-electron chi connectivity index (χ1n) is 5.95. The van der Waals surface area contributed by atoms with Crippen molar-refractivity contribution >= 4 is 38.5 Å². The first kappa shape index (κ1) is 14.0. The smallest absolute Gasteiger partial charge is 0.0587 e. The standard InChI is InChI=1S/C15H15BrIN/c1-2-18-15(11-6-4-3-5-7-11)13-10-12(16)8-9-14(13)17/h3-10,15,18H,2H2,1H3. The van der Waals surface area contributed by atoms with E-state index in [2.05, 4.69) is 99.3 Å². The number of benzene rings is 2. The van der Waals surface area contributed by atoms with Crippen molar-refractivity contribution in [3.05, 3.63) is 67.7 Å². The van der Waals surface area contributed by atoms with Gasteiger partial charge in [-0.25, -0.2) is 0 Å². The molecule has 0 fully saturated rings. The van der Waals surface area contributed by atoms with Crippen molar-refractivity contribution in [2.24, 2.45) is 0 Å².